The minimum absolute atomic E-state index is 0.00238. The first-order chi connectivity index (χ1) is 35.5. The highest BCUT2D eigenvalue weighted by molar-refractivity contribution is 5.80. The summed E-state index contributed by atoms with van der Waals surface area (Å²) in [7, 11) is 0. The number of carbonyl (C=O) groups is 5. The van der Waals surface area contributed by atoms with Gasteiger partial charge in [-0.3, -0.25) is 24.0 Å². The molecule has 0 aromatic heterocycles. The van der Waals surface area contributed by atoms with Crippen molar-refractivity contribution in [3.05, 3.63) is 48.5 Å². The molecule has 13 nitrogen and oxygen atoms in total. The van der Waals surface area contributed by atoms with E-state index in [1.165, 1.54) is 63.5 Å². The Labute approximate surface area is 454 Å². The van der Waals surface area contributed by atoms with Crippen LogP contribution in [0, 0.1) is 50.7 Å². The fourth-order valence-corrected chi connectivity index (χ4v) is 11.9. The van der Waals surface area contributed by atoms with E-state index in [0.717, 1.165) is 62.0 Å². The van der Waals surface area contributed by atoms with Gasteiger partial charge in [0.2, 0.25) is 0 Å². The van der Waals surface area contributed by atoms with E-state index in [0.29, 0.717) is 24.3 Å². The van der Waals surface area contributed by atoms with Gasteiger partial charge < -0.3 is 38.3 Å². The van der Waals surface area contributed by atoms with E-state index in [-0.39, 0.29) is 75.8 Å². The fourth-order valence-electron chi connectivity index (χ4n) is 11.9. The van der Waals surface area contributed by atoms with Crippen molar-refractivity contribution in [2.45, 2.75) is 242 Å². The van der Waals surface area contributed by atoms with Crippen molar-refractivity contribution in [1.29, 1.82) is 0 Å². The molecular weight excluding hydrogens is 965 g/mol. The van der Waals surface area contributed by atoms with Crippen LogP contribution < -0.4 is 14.2 Å². The van der Waals surface area contributed by atoms with Gasteiger partial charge in [-0.25, -0.2) is 0 Å². The van der Waals surface area contributed by atoms with Crippen LogP contribution in [0.3, 0.4) is 0 Å². The highest BCUT2D eigenvalue weighted by Gasteiger charge is 2.65. The third-order valence-corrected chi connectivity index (χ3v) is 19.0. The smallest absolute Gasteiger partial charge is 0.316 e. The Morgan fingerprint density at radius 1 is 0.579 bits per heavy atom. The van der Waals surface area contributed by atoms with Gasteiger partial charge in [0.25, 0.3) is 0 Å². The van der Waals surface area contributed by atoms with E-state index in [4.69, 9.17) is 38.3 Å². The number of phenols is 1. The molecule has 1 N–H and O–H groups in total. The summed E-state index contributed by atoms with van der Waals surface area (Å²) in [6.45, 7) is 29.7. The molecule has 0 spiro atoms. The van der Waals surface area contributed by atoms with Crippen LogP contribution in [-0.2, 0) is 42.9 Å². The highest BCUT2D eigenvalue weighted by Crippen LogP contribution is 2.64. The lowest BCUT2D eigenvalue weighted by molar-refractivity contribution is -0.206. The van der Waals surface area contributed by atoms with Crippen molar-refractivity contribution in [2.24, 2.45) is 50.7 Å². The highest BCUT2D eigenvalue weighted by atomic mass is 16.7. The second-order valence-corrected chi connectivity index (χ2v) is 26.4. The Bertz CT molecular complexity index is 2280. The van der Waals surface area contributed by atoms with Crippen molar-refractivity contribution < 1.29 is 62.2 Å². The monoisotopic (exact) mass is 1060 g/mol. The normalized spacial score (nSPS) is 27.6. The minimum Gasteiger partial charge on any atom is -0.508 e. The minimum atomic E-state index is -0.510. The number of aromatic hydroxyl groups is 1. The quantitative estimate of drug-likeness (QED) is 0.0958. The number of ether oxygens (including phenoxy) is 7. The maximum Gasteiger partial charge on any atom is 0.316 e. The third-order valence-electron chi connectivity index (χ3n) is 19.0. The van der Waals surface area contributed by atoms with Crippen LogP contribution in [0.4, 0.5) is 0 Å². The van der Waals surface area contributed by atoms with Crippen molar-refractivity contribution in [2.75, 3.05) is 0 Å². The summed E-state index contributed by atoms with van der Waals surface area (Å²) in [5, 5.41) is 9.06. The zero-order chi connectivity index (χ0) is 56.2. The molecule has 5 saturated carbocycles. The summed E-state index contributed by atoms with van der Waals surface area (Å²) in [4.78, 5) is 59.9. The predicted molar refractivity (Wildman–Crippen MR) is 292 cm³/mol. The van der Waals surface area contributed by atoms with Gasteiger partial charge in [-0.05, 0) is 238 Å². The molecule has 424 valence electrons. The summed E-state index contributed by atoms with van der Waals surface area (Å²) < 4.78 is 39.4. The van der Waals surface area contributed by atoms with E-state index in [2.05, 4.69) is 27.7 Å². The Morgan fingerprint density at radius 2 is 1.00 bits per heavy atom. The maximum absolute atomic E-state index is 12.6. The number of benzene rings is 2. The van der Waals surface area contributed by atoms with Gasteiger partial charge >= 0.3 is 29.8 Å². The van der Waals surface area contributed by atoms with Gasteiger partial charge in [0, 0.05) is 5.41 Å². The van der Waals surface area contributed by atoms with E-state index >= 15 is 0 Å². The van der Waals surface area contributed by atoms with Crippen LogP contribution >= 0.6 is 0 Å². The Morgan fingerprint density at radius 3 is 1.45 bits per heavy atom. The van der Waals surface area contributed by atoms with Gasteiger partial charge in [-0.1, -0.05) is 34.6 Å². The zero-order valence-electron chi connectivity index (χ0n) is 48.9. The molecule has 8 fully saturated rings. The lowest BCUT2D eigenvalue weighted by Gasteiger charge is -2.61. The first kappa shape index (κ1) is 60.6. The lowest BCUT2D eigenvalue weighted by Crippen LogP contribution is -2.58. The van der Waals surface area contributed by atoms with E-state index in [9.17, 15) is 24.0 Å². The summed E-state index contributed by atoms with van der Waals surface area (Å²) in [6.07, 6.45) is 16.4. The molecule has 8 aliphatic rings. The van der Waals surface area contributed by atoms with E-state index in [1.54, 1.807) is 12.1 Å². The summed E-state index contributed by atoms with van der Waals surface area (Å²) in [5.41, 5.74) is -1.86. The Hall–Kier alpha value is -4.65. The Kier molecular flexibility index (Phi) is 18.9. The van der Waals surface area contributed by atoms with Crippen LogP contribution in [0.5, 0.6) is 23.0 Å². The predicted octanol–water partition coefficient (Wildman–Crippen LogP) is 13.9. The zero-order valence-corrected chi connectivity index (χ0v) is 48.9. The van der Waals surface area contributed by atoms with E-state index < -0.39 is 28.5 Å². The van der Waals surface area contributed by atoms with Gasteiger partial charge in [0.15, 0.2) is 12.2 Å². The summed E-state index contributed by atoms with van der Waals surface area (Å²) in [6, 6.07) is 13.5. The molecule has 13 heteroatoms. The third kappa shape index (κ3) is 13.8. The van der Waals surface area contributed by atoms with Crippen LogP contribution in [-0.4, -0.2) is 70.6 Å². The molecular formula is C63H94O13. The Balaban J connectivity index is 0.000000166. The average molecular weight is 1060 g/mol. The number of hydrogen-bond acceptors (Lipinski definition) is 13. The number of rotatable bonds is 16. The largest absolute Gasteiger partial charge is 0.508 e. The second kappa shape index (κ2) is 23.8. The fraction of sp³-hybridized carbons (Fsp3) is 0.730. The molecule has 3 heterocycles. The molecule has 5 atom stereocenters. The lowest BCUT2D eigenvalue weighted by atomic mass is 9.46. The van der Waals surface area contributed by atoms with Crippen molar-refractivity contribution in [3.8, 4) is 23.0 Å². The number of fused-ring (bicyclic) bond motifs is 1. The molecule has 2 aromatic carbocycles. The molecule has 0 radical (unpaired) electrons. The first-order valence-electron chi connectivity index (χ1n) is 28.8. The molecule has 0 amide bonds. The number of esters is 5. The second-order valence-electron chi connectivity index (χ2n) is 26.4. The van der Waals surface area contributed by atoms with Crippen molar-refractivity contribution in [1.82, 2.24) is 0 Å². The van der Waals surface area contributed by atoms with Gasteiger partial charge in [-0.15, -0.1) is 0 Å². The van der Waals surface area contributed by atoms with E-state index in [1.807, 2.05) is 100 Å². The molecule has 3 aliphatic heterocycles. The first-order valence-corrected chi connectivity index (χ1v) is 28.8. The topological polar surface area (TPSA) is 170 Å². The number of hydrogen-bond donors (Lipinski definition) is 1. The SMILES string of the molecule is CCC(C)(C)C(=O)OC(C)(C)C12CC3CC(CC(C3)C1)C2.CCC(C)(C)C(=O)OC1C2CC3C(=O)OC1C3O2.CCC(C)(C)C(=O)Oc1ccc(O)cc1.CCC1(Oc2ccc(OC(=O)C(C)(C)CC)cc2)CCCC1. The molecule has 5 unspecified atom stereocenters. The molecule has 2 aromatic rings. The van der Waals surface area contributed by atoms with Gasteiger partial charge in [0.1, 0.15) is 40.3 Å². The van der Waals surface area contributed by atoms with Crippen LogP contribution in [0.25, 0.3) is 0 Å². The maximum atomic E-state index is 12.6. The average Bonchev–Trinajstić information content (AvgIpc) is 4.15. The van der Waals surface area contributed by atoms with Crippen LogP contribution in [0.1, 0.15) is 207 Å². The summed E-state index contributed by atoms with van der Waals surface area (Å²) >= 11 is 0. The van der Waals surface area contributed by atoms with Crippen LogP contribution in [0.15, 0.2) is 48.5 Å². The summed E-state index contributed by atoms with van der Waals surface area (Å²) in [5.74, 6) is 3.69. The molecule has 6 bridgehead atoms. The molecule has 10 rings (SSSR count). The van der Waals surface area contributed by atoms with Crippen LogP contribution in [0.2, 0.25) is 0 Å². The molecule has 5 aliphatic carbocycles. The standard InChI is InChI=1S/C19H28O3.C19H32O2.C13H18O5.C12H16O3/c1-5-18(3,4)17(20)21-15-9-11-16(12-10-15)22-19(6-2)13-7-8-14-19;1-6-17(2,3)16(20)21-18(4,5)19-10-13-7-14(11-19)9-15(8-13)12-19;1-4-13(2,3)12(15)18-9-7-5-6-8(16-7)10(9)17-11(6)14;1-4-12(2,3)11(14)15-10-7-5-9(13)6-8-10/h9-12H,5-8,13-14H2,1-4H3;13-15H,6-12H2,1-5H3;6-10H,4-5H2,1-3H3;5-8,13H,4H2,1-3H3. The van der Waals surface area contributed by atoms with Gasteiger partial charge in [0.05, 0.1) is 33.7 Å². The number of carbonyl (C=O) groups excluding carboxylic acids is 5. The molecule has 3 saturated heterocycles. The van der Waals surface area contributed by atoms with Gasteiger partial charge in [-0.2, -0.15) is 0 Å². The number of phenolic OH excluding ortho intramolecular Hbond substituents is 1. The molecule has 76 heavy (non-hydrogen) atoms. The van der Waals surface area contributed by atoms with Crippen molar-refractivity contribution >= 4 is 29.8 Å². The van der Waals surface area contributed by atoms with Crippen molar-refractivity contribution in [3.63, 3.8) is 0 Å².